The Balaban J connectivity index is 1.87. The van der Waals surface area contributed by atoms with Crippen molar-refractivity contribution in [1.82, 2.24) is 14.1 Å². The van der Waals surface area contributed by atoms with Crippen LogP contribution in [0.4, 0.5) is 4.39 Å². The van der Waals surface area contributed by atoms with Crippen molar-refractivity contribution in [2.75, 3.05) is 7.11 Å². The third-order valence-corrected chi connectivity index (χ3v) is 5.14. The van der Waals surface area contributed by atoms with Gasteiger partial charge in [0.15, 0.2) is 5.82 Å². The summed E-state index contributed by atoms with van der Waals surface area (Å²) >= 11 is 0. The molecule has 130 valence electrons. The lowest BCUT2D eigenvalue weighted by molar-refractivity contribution is 0.398. The van der Waals surface area contributed by atoms with Crippen LogP contribution in [0.1, 0.15) is 19.8 Å². The fraction of sp³-hybridized carbons (Fsp3) is 0.368. The predicted molar refractivity (Wildman–Crippen MR) is 94.3 cm³/mol. The van der Waals surface area contributed by atoms with Gasteiger partial charge < -0.3 is 4.74 Å². The quantitative estimate of drug-likeness (QED) is 0.731. The number of nitrogens with zero attached hydrogens (tertiary/aromatic N) is 3. The van der Waals surface area contributed by atoms with E-state index in [-0.39, 0.29) is 11.1 Å². The van der Waals surface area contributed by atoms with Crippen molar-refractivity contribution in [2.45, 2.75) is 26.3 Å². The van der Waals surface area contributed by atoms with Gasteiger partial charge in [-0.25, -0.2) is 14.2 Å². The van der Waals surface area contributed by atoms with E-state index in [2.05, 4.69) is 11.9 Å². The lowest BCUT2D eigenvalue weighted by atomic mass is 10.1. The van der Waals surface area contributed by atoms with E-state index in [1.165, 1.54) is 11.7 Å². The molecule has 1 fully saturated rings. The van der Waals surface area contributed by atoms with Gasteiger partial charge >= 0.3 is 5.69 Å². The molecule has 0 spiro atoms. The Bertz CT molecular complexity index is 1010. The molecule has 2 heterocycles. The first kappa shape index (κ1) is 15.9. The number of imidazole rings is 1. The fourth-order valence-corrected chi connectivity index (χ4v) is 3.26. The molecule has 0 atom stereocenters. The molecule has 25 heavy (non-hydrogen) atoms. The summed E-state index contributed by atoms with van der Waals surface area (Å²) in [5.41, 5.74) is 2.04. The van der Waals surface area contributed by atoms with Crippen LogP contribution in [0.3, 0.4) is 0 Å². The van der Waals surface area contributed by atoms with E-state index in [4.69, 9.17) is 4.74 Å². The largest absolute Gasteiger partial charge is 0.481 e. The summed E-state index contributed by atoms with van der Waals surface area (Å²) in [6, 6.07) is 6.99. The van der Waals surface area contributed by atoms with Crippen LogP contribution in [0, 0.1) is 11.2 Å². The summed E-state index contributed by atoms with van der Waals surface area (Å²) in [5.74, 6) is 0.0743. The summed E-state index contributed by atoms with van der Waals surface area (Å²) in [6.07, 6.45) is 3.78. The molecule has 0 saturated heterocycles. The van der Waals surface area contributed by atoms with Gasteiger partial charge in [-0.05, 0) is 36.5 Å². The molecule has 0 aliphatic heterocycles. The van der Waals surface area contributed by atoms with Gasteiger partial charge in [-0.3, -0.25) is 9.13 Å². The summed E-state index contributed by atoms with van der Waals surface area (Å²) in [6.45, 7) is 2.79. The van der Waals surface area contributed by atoms with Crippen molar-refractivity contribution in [1.29, 1.82) is 0 Å². The lowest BCUT2D eigenvalue weighted by Crippen LogP contribution is -2.25. The van der Waals surface area contributed by atoms with Crippen LogP contribution in [-0.4, -0.2) is 21.2 Å². The number of halogens is 1. The van der Waals surface area contributed by atoms with E-state index < -0.39 is 5.82 Å². The first-order valence-corrected chi connectivity index (χ1v) is 8.32. The Morgan fingerprint density at radius 3 is 2.64 bits per heavy atom. The minimum absolute atomic E-state index is 0.160. The van der Waals surface area contributed by atoms with Crippen molar-refractivity contribution >= 4 is 11.0 Å². The fourth-order valence-electron chi connectivity index (χ4n) is 3.26. The van der Waals surface area contributed by atoms with Crippen LogP contribution < -0.4 is 10.4 Å². The lowest BCUT2D eigenvalue weighted by Gasteiger charge is -2.10. The van der Waals surface area contributed by atoms with Crippen LogP contribution in [0.25, 0.3) is 22.2 Å². The number of aromatic nitrogens is 3. The highest BCUT2D eigenvalue weighted by Crippen LogP contribution is 2.46. The molecule has 4 rings (SSSR count). The van der Waals surface area contributed by atoms with Crippen LogP contribution >= 0.6 is 0 Å². The molecule has 0 radical (unpaired) electrons. The summed E-state index contributed by atoms with van der Waals surface area (Å²) in [4.78, 5) is 16.7. The molecule has 0 amide bonds. The predicted octanol–water partition coefficient (Wildman–Crippen LogP) is 3.35. The molecular weight excluding hydrogens is 321 g/mol. The number of fused-ring (bicyclic) bond motifs is 1. The molecule has 5 nitrogen and oxygen atoms in total. The first-order valence-electron chi connectivity index (χ1n) is 8.32. The number of rotatable bonds is 4. The van der Waals surface area contributed by atoms with Gasteiger partial charge in [-0.15, -0.1) is 0 Å². The number of benzene rings is 1. The van der Waals surface area contributed by atoms with E-state index >= 15 is 4.39 Å². The number of hydrogen-bond donors (Lipinski definition) is 0. The molecule has 0 bridgehead atoms. The molecule has 1 aromatic carbocycles. The average Bonchev–Trinajstić information content (AvgIpc) is 3.30. The summed E-state index contributed by atoms with van der Waals surface area (Å²) in [7, 11) is 3.16. The van der Waals surface area contributed by atoms with Gasteiger partial charge in [0.05, 0.1) is 12.6 Å². The first-order chi connectivity index (χ1) is 11.9. The van der Waals surface area contributed by atoms with E-state index in [1.807, 2.05) is 6.07 Å². The maximum Gasteiger partial charge on any atom is 0.328 e. The van der Waals surface area contributed by atoms with E-state index in [0.29, 0.717) is 34.6 Å². The zero-order valence-electron chi connectivity index (χ0n) is 14.5. The Labute approximate surface area is 144 Å². The van der Waals surface area contributed by atoms with Crippen molar-refractivity contribution in [3.8, 4) is 17.0 Å². The van der Waals surface area contributed by atoms with Gasteiger partial charge in [0.2, 0.25) is 5.88 Å². The standard InChI is InChI=1S/C19H20FN3O2/c1-19(8-9-19)11-23-14-6-5-13(12-4-7-15(25-3)21-10-12)16(20)17(14)22(2)18(23)24/h4-7,10H,8-9,11H2,1-3H3. The third kappa shape index (κ3) is 2.52. The summed E-state index contributed by atoms with van der Waals surface area (Å²) in [5, 5.41) is 0. The van der Waals surface area contributed by atoms with Gasteiger partial charge in [0.1, 0.15) is 5.52 Å². The Hall–Kier alpha value is -2.63. The van der Waals surface area contributed by atoms with Gasteiger partial charge in [-0.2, -0.15) is 0 Å². The van der Waals surface area contributed by atoms with E-state index in [0.717, 1.165) is 12.8 Å². The Morgan fingerprint density at radius 2 is 2.04 bits per heavy atom. The number of methoxy groups -OCH3 is 1. The maximum absolute atomic E-state index is 15.2. The van der Waals surface area contributed by atoms with Crippen LogP contribution in [0.5, 0.6) is 5.88 Å². The third-order valence-electron chi connectivity index (χ3n) is 5.14. The van der Waals surface area contributed by atoms with Crippen LogP contribution in [-0.2, 0) is 13.6 Å². The maximum atomic E-state index is 15.2. The molecule has 6 heteroatoms. The number of pyridine rings is 1. The molecule has 1 aliphatic carbocycles. The molecule has 1 aliphatic rings. The monoisotopic (exact) mass is 341 g/mol. The highest BCUT2D eigenvalue weighted by molar-refractivity contribution is 5.83. The smallest absolute Gasteiger partial charge is 0.328 e. The van der Waals surface area contributed by atoms with Crippen molar-refractivity contribution in [3.63, 3.8) is 0 Å². The minimum Gasteiger partial charge on any atom is -0.481 e. The molecule has 0 N–H and O–H groups in total. The number of ether oxygens (including phenoxy) is 1. The van der Waals surface area contributed by atoms with Crippen LogP contribution in [0.15, 0.2) is 35.3 Å². The van der Waals surface area contributed by atoms with Crippen molar-refractivity contribution in [2.24, 2.45) is 12.5 Å². The van der Waals surface area contributed by atoms with Gasteiger partial charge in [0, 0.05) is 37.0 Å². The zero-order valence-corrected chi connectivity index (χ0v) is 14.5. The van der Waals surface area contributed by atoms with Crippen LogP contribution in [0.2, 0.25) is 0 Å². The Kier molecular flexibility index (Phi) is 3.45. The molecular formula is C19H20FN3O2. The second-order valence-corrected chi connectivity index (χ2v) is 7.12. The second-order valence-electron chi connectivity index (χ2n) is 7.12. The molecule has 2 aromatic heterocycles. The zero-order chi connectivity index (χ0) is 17.8. The Morgan fingerprint density at radius 1 is 1.28 bits per heavy atom. The highest BCUT2D eigenvalue weighted by Gasteiger charge is 2.38. The second kappa shape index (κ2) is 5.44. The molecule has 1 saturated carbocycles. The highest BCUT2D eigenvalue weighted by atomic mass is 19.1. The number of hydrogen-bond acceptors (Lipinski definition) is 3. The topological polar surface area (TPSA) is 49.0 Å². The summed E-state index contributed by atoms with van der Waals surface area (Å²) < 4.78 is 23.3. The molecule has 3 aromatic rings. The van der Waals surface area contributed by atoms with E-state index in [9.17, 15) is 4.79 Å². The van der Waals surface area contributed by atoms with Crippen molar-refractivity contribution in [3.05, 3.63) is 46.8 Å². The number of aryl methyl sites for hydroxylation is 1. The van der Waals surface area contributed by atoms with Crippen molar-refractivity contribution < 1.29 is 9.13 Å². The normalized spacial score (nSPS) is 15.5. The average molecular weight is 341 g/mol. The van der Waals surface area contributed by atoms with Gasteiger partial charge in [0.25, 0.3) is 0 Å². The SMILES string of the molecule is COc1ccc(-c2ccc3c(c2F)n(C)c(=O)n3CC2(C)CC2)cn1. The molecule has 0 unspecified atom stereocenters. The minimum atomic E-state index is -0.399. The van der Waals surface area contributed by atoms with E-state index in [1.54, 1.807) is 36.0 Å². The van der Waals surface area contributed by atoms with Gasteiger partial charge in [-0.1, -0.05) is 6.92 Å².